The number of anilines is 1. The number of aromatic nitrogens is 2. The van der Waals surface area contributed by atoms with Crippen molar-refractivity contribution in [3.05, 3.63) is 15.8 Å². The van der Waals surface area contributed by atoms with E-state index in [0.29, 0.717) is 18.9 Å². The van der Waals surface area contributed by atoms with E-state index < -0.39 is 4.92 Å². The Hall–Kier alpha value is -1.96. The fourth-order valence-electron chi connectivity index (χ4n) is 1.58. The maximum atomic E-state index is 11.1. The monoisotopic (exact) mass is 298 g/mol. The average molecular weight is 298 g/mol. The van der Waals surface area contributed by atoms with Crippen molar-refractivity contribution in [1.29, 1.82) is 0 Å². The predicted molar refractivity (Wildman–Crippen MR) is 78.8 cm³/mol. The molecule has 1 heterocycles. The van der Waals surface area contributed by atoms with Gasteiger partial charge in [0.2, 0.25) is 5.95 Å². The minimum Gasteiger partial charge on any atom is -0.473 e. The minimum absolute atomic E-state index is 0.0182. The van der Waals surface area contributed by atoms with Crippen LogP contribution in [0.15, 0.2) is 0 Å². The number of nitrogens with one attached hydrogen (secondary N) is 1. The van der Waals surface area contributed by atoms with Crippen molar-refractivity contribution in [2.45, 2.75) is 39.7 Å². The van der Waals surface area contributed by atoms with Crippen LogP contribution in [-0.4, -0.2) is 40.8 Å². The van der Waals surface area contributed by atoms with Gasteiger partial charge in [-0.05, 0) is 27.7 Å². The van der Waals surface area contributed by atoms with Gasteiger partial charge in [-0.2, -0.15) is 4.98 Å². The lowest BCUT2D eigenvalue weighted by Gasteiger charge is -2.22. The van der Waals surface area contributed by atoms with E-state index in [-0.39, 0.29) is 29.5 Å². The molecule has 0 fully saturated rings. The third kappa shape index (κ3) is 4.82. The molecule has 0 amide bonds. The van der Waals surface area contributed by atoms with Gasteiger partial charge < -0.3 is 14.8 Å². The van der Waals surface area contributed by atoms with E-state index in [2.05, 4.69) is 15.3 Å². The van der Waals surface area contributed by atoms with Gasteiger partial charge in [-0.15, -0.1) is 0 Å². The van der Waals surface area contributed by atoms with Crippen LogP contribution in [-0.2, 0) is 4.74 Å². The van der Waals surface area contributed by atoms with Crippen molar-refractivity contribution in [1.82, 2.24) is 9.97 Å². The highest BCUT2D eigenvalue weighted by Crippen LogP contribution is 2.29. The molecule has 1 aromatic rings. The summed E-state index contributed by atoms with van der Waals surface area (Å²) in [6, 6.07) is 0. The lowest BCUT2D eigenvalue weighted by atomic mass is 10.1. The van der Waals surface area contributed by atoms with Crippen LogP contribution in [0.5, 0.6) is 5.88 Å². The molecule has 8 heteroatoms. The zero-order chi connectivity index (χ0) is 16.0. The number of ether oxygens (including phenoxy) is 2. The summed E-state index contributed by atoms with van der Waals surface area (Å²) in [5.74, 6) is 0.303. The van der Waals surface area contributed by atoms with Gasteiger partial charge in [-0.3, -0.25) is 10.1 Å². The molecule has 1 N–H and O–H groups in total. The number of hydrogen-bond donors (Lipinski definition) is 1. The molecule has 21 heavy (non-hydrogen) atoms. The third-order valence-corrected chi connectivity index (χ3v) is 3.04. The van der Waals surface area contributed by atoms with Crippen molar-refractivity contribution >= 4 is 11.6 Å². The summed E-state index contributed by atoms with van der Waals surface area (Å²) in [4.78, 5) is 18.7. The Morgan fingerprint density at radius 2 is 2.05 bits per heavy atom. The number of aryl methyl sites for hydroxylation is 1. The molecule has 0 aliphatic carbocycles. The smallest absolute Gasteiger partial charge is 0.352 e. The summed E-state index contributed by atoms with van der Waals surface area (Å²) in [6.07, 6.45) is 0.584. The molecule has 0 radical (unpaired) electrons. The molecule has 0 spiro atoms. The first-order valence-corrected chi connectivity index (χ1v) is 6.75. The maximum absolute atomic E-state index is 11.1. The topological polar surface area (TPSA) is 99.4 Å². The standard InChI is InChI=1S/C13H22N4O4/c1-6-14-12-15-9(2)10(17(18)19)11(16-12)21-8-7-13(3,4)20-5/h6-8H2,1-5H3,(H,14,15,16). The Morgan fingerprint density at radius 1 is 1.38 bits per heavy atom. The quantitative estimate of drug-likeness (QED) is 0.580. The van der Waals surface area contributed by atoms with E-state index in [1.54, 1.807) is 14.0 Å². The van der Waals surface area contributed by atoms with Crippen LogP contribution in [0.4, 0.5) is 11.6 Å². The van der Waals surface area contributed by atoms with Crippen LogP contribution in [0, 0.1) is 17.0 Å². The highest BCUT2D eigenvalue weighted by Gasteiger charge is 2.24. The van der Waals surface area contributed by atoms with Gasteiger partial charge in [0.25, 0.3) is 5.88 Å². The maximum Gasteiger partial charge on any atom is 0.352 e. The van der Waals surface area contributed by atoms with Gasteiger partial charge in [-0.25, -0.2) is 4.98 Å². The highest BCUT2D eigenvalue weighted by atomic mass is 16.6. The molecule has 0 saturated heterocycles. The summed E-state index contributed by atoms with van der Waals surface area (Å²) in [5, 5.41) is 14.1. The number of methoxy groups -OCH3 is 1. The molecule has 0 bridgehead atoms. The second-order valence-electron chi connectivity index (χ2n) is 5.14. The summed E-state index contributed by atoms with van der Waals surface area (Å²) < 4.78 is 10.8. The zero-order valence-electron chi connectivity index (χ0n) is 13.1. The third-order valence-electron chi connectivity index (χ3n) is 3.04. The summed E-state index contributed by atoms with van der Waals surface area (Å²) >= 11 is 0. The largest absolute Gasteiger partial charge is 0.473 e. The second-order valence-corrected chi connectivity index (χ2v) is 5.14. The molecule has 0 aliphatic rings. The Morgan fingerprint density at radius 3 is 2.57 bits per heavy atom. The number of rotatable bonds is 8. The molecule has 8 nitrogen and oxygen atoms in total. The minimum atomic E-state index is -0.526. The normalized spacial score (nSPS) is 11.3. The lowest BCUT2D eigenvalue weighted by molar-refractivity contribution is -0.387. The van der Waals surface area contributed by atoms with Crippen LogP contribution < -0.4 is 10.1 Å². The first kappa shape index (κ1) is 17.1. The van der Waals surface area contributed by atoms with E-state index >= 15 is 0 Å². The van der Waals surface area contributed by atoms with E-state index in [0.717, 1.165) is 0 Å². The molecule has 0 aromatic carbocycles. The lowest BCUT2D eigenvalue weighted by Crippen LogP contribution is -2.25. The van der Waals surface area contributed by atoms with Crippen molar-refractivity contribution in [3.63, 3.8) is 0 Å². The van der Waals surface area contributed by atoms with Crippen LogP contribution in [0.3, 0.4) is 0 Å². The molecule has 118 valence electrons. The SMILES string of the molecule is CCNc1nc(C)c([N+](=O)[O-])c(OCCC(C)(C)OC)n1. The molecular formula is C13H22N4O4. The Bertz CT molecular complexity index is 505. The van der Waals surface area contributed by atoms with E-state index in [1.807, 2.05) is 20.8 Å². The molecular weight excluding hydrogens is 276 g/mol. The van der Waals surface area contributed by atoms with Gasteiger partial charge in [-0.1, -0.05) is 0 Å². The fraction of sp³-hybridized carbons (Fsp3) is 0.692. The molecule has 0 aliphatic heterocycles. The molecule has 1 rings (SSSR count). The zero-order valence-corrected chi connectivity index (χ0v) is 13.1. The first-order valence-electron chi connectivity index (χ1n) is 6.75. The van der Waals surface area contributed by atoms with E-state index in [1.165, 1.54) is 0 Å². The van der Waals surface area contributed by atoms with Crippen LogP contribution in [0.1, 0.15) is 32.9 Å². The number of nitrogens with zero attached hydrogens (tertiary/aromatic N) is 3. The van der Waals surface area contributed by atoms with E-state index in [4.69, 9.17) is 9.47 Å². The Kier molecular flexibility index (Phi) is 5.83. The van der Waals surface area contributed by atoms with Gasteiger partial charge >= 0.3 is 5.69 Å². The van der Waals surface area contributed by atoms with Crippen molar-refractivity contribution in [3.8, 4) is 5.88 Å². The van der Waals surface area contributed by atoms with Crippen LogP contribution in [0.2, 0.25) is 0 Å². The molecule has 0 unspecified atom stereocenters. The van der Waals surface area contributed by atoms with Gasteiger partial charge in [0.15, 0.2) is 0 Å². The molecule has 0 saturated carbocycles. The van der Waals surface area contributed by atoms with Gasteiger partial charge in [0.1, 0.15) is 5.69 Å². The fourth-order valence-corrected chi connectivity index (χ4v) is 1.58. The number of nitro groups is 1. The molecule has 0 atom stereocenters. The van der Waals surface area contributed by atoms with Crippen LogP contribution >= 0.6 is 0 Å². The van der Waals surface area contributed by atoms with Crippen molar-refractivity contribution in [2.75, 3.05) is 25.6 Å². The molecule has 1 aromatic heterocycles. The second kappa shape index (κ2) is 7.16. The van der Waals surface area contributed by atoms with Gasteiger partial charge in [0, 0.05) is 20.1 Å². The summed E-state index contributed by atoms with van der Waals surface area (Å²) in [6.45, 7) is 8.17. The Labute approximate surface area is 124 Å². The average Bonchev–Trinajstić information content (AvgIpc) is 2.38. The Balaban J connectivity index is 2.94. The van der Waals surface area contributed by atoms with Crippen molar-refractivity contribution in [2.24, 2.45) is 0 Å². The van der Waals surface area contributed by atoms with Crippen LogP contribution in [0.25, 0.3) is 0 Å². The highest BCUT2D eigenvalue weighted by molar-refractivity contribution is 5.48. The van der Waals surface area contributed by atoms with Gasteiger partial charge in [0.05, 0.1) is 17.1 Å². The number of hydrogen-bond acceptors (Lipinski definition) is 7. The van der Waals surface area contributed by atoms with E-state index in [9.17, 15) is 10.1 Å². The summed E-state index contributed by atoms with van der Waals surface area (Å²) in [5.41, 5.74) is -0.291. The summed E-state index contributed by atoms with van der Waals surface area (Å²) in [7, 11) is 1.61. The first-order chi connectivity index (χ1) is 9.80. The van der Waals surface area contributed by atoms with Crippen molar-refractivity contribution < 1.29 is 14.4 Å². The predicted octanol–water partition coefficient (Wildman–Crippen LogP) is 2.32.